The van der Waals surface area contributed by atoms with E-state index in [9.17, 15) is 4.79 Å². The molecule has 1 saturated heterocycles. The number of hydrogen-bond donors (Lipinski definition) is 2. The number of pyridine rings is 1. The Hall–Kier alpha value is -1.09. The van der Waals surface area contributed by atoms with Gasteiger partial charge in [0.1, 0.15) is 0 Å². The van der Waals surface area contributed by atoms with Crippen molar-refractivity contribution in [2.75, 3.05) is 6.54 Å². The Balaban J connectivity index is 1.92. The molecule has 1 unspecified atom stereocenters. The topological polar surface area (TPSA) is 44.9 Å². The summed E-state index contributed by atoms with van der Waals surface area (Å²) in [6.07, 6.45) is 4.51. The summed E-state index contributed by atoms with van der Waals surface area (Å²) in [5.41, 5.74) is 1.76. The van der Waals surface area contributed by atoms with Gasteiger partial charge in [-0.25, -0.2) is 0 Å². The lowest BCUT2D eigenvalue weighted by molar-refractivity contribution is 0.209. The van der Waals surface area contributed by atoms with E-state index in [0.717, 1.165) is 6.54 Å². The van der Waals surface area contributed by atoms with E-state index in [0.29, 0.717) is 11.5 Å². The van der Waals surface area contributed by atoms with Crippen LogP contribution in [0, 0.1) is 5.41 Å². The van der Waals surface area contributed by atoms with Gasteiger partial charge in [0.05, 0.1) is 0 Å². The van der Waals surface area contributed by atoms with Crippen LogP contribution >= 0.6 is 0 Å². The second-order valence-electron chi connectivity index (χ2n) is 4.16. The van der Waals surface area contributed by atoms with E-state index in [4.69, 9.17) is 0 Å². The summed E-state index contributed by atoms with van der Waals surface area (Å²) >= 11 is 0. The summed E-state index contributed by atoms with van der Waals surface area (Å²) in [6.45, 7) is 1.15. The molecular formula is C10H12N2O. The number of rotatable bonds is 1. The predicted octanol–water partition coefficient (Wildman–Crippen LogP) is 0.799. The molecule has 1 aliphatic heterocycles. The number of nitrogens with one attached hydrogen (secondary N) is 2. The highest BCUT2D eigenvalue weighted by molar-refractivity contribution is 5.25. The Morgan fingerprint density at radius 1 is 1.38 bits per heavy atom. The molecule has 1 saturated carbocycles. The SMILES string of the molecule is O=c1ccc(C2NCC23CC3)c[nH]1. The summed E-state index contributed by atoms with van der Waals surface area (Å²) in [4.78, 5) is 13.6. The third kappa shape index (κ3) is 0.968. The second kappa shape index (κ2) is 2.23. The molecule has 3 nitrogen and oxygen atoms in total. The largest absolute Gasteiger partial charge is 0.329 e. The van der Waals surface area contributed by atoms with Crippen LogP contribution in [0.2, 0.25) is 0 Å². The maximum absolute atomic E-state index is 10.9. The first-order chi connectivity index (χ1) is 6.30. The van der Waals surface area contributed by atoms with Gasteiger partial charge >= 0.3 is 0 Å². The van der Waals surface area contributed by atoms with Crippen molar-refractivity contribution in [1.29, 1.82) is 0 Å². The molecule has 1 atom stereocenters. The zero-order valence-electron chi connectivity index (χ0n) is 7.34. The van der Waals surface area contributed by atoms with Crippen LogP contribution in [0.4, 0.5) is 0 Å². The Morgan fingerprint density at radius 3 is 2.69 bits per heavy atom. The van der Waals surface area contributed by atoms with Gasteiger partial charge in [0.2, 0.25) is 5.56 Å². The van der Waals surface area contributed by atoms with Crippen LogP contribution in [0.25, 0.3) is 0 Å². The second-order valence-corrected chi connectivity index (χ2v) is 4.16. The minimum absolute atomic E-state index is 0.0204. The zero-order chi connectivity index (χ0) is 8.89. The number of H-pyrrole nitrogens is 1. The molecule has 2 fully saturated rings. The number of aromatic nitrogens is 1. The van der Waals surface area contributed by atoms with Crippen LogP contribution in [0.3, 0.4) is 0 Å². The van der Waals surface area contributed by atoms with E-state index in [1.807, 2.05) is 12.3 Å². The molecule has 1 aromatic heterocycles. The van der Waals surface area contributed by atoms with Gasteiger partial charge in [-0.15, -0.1) is 0 Å². The van der Waals surface area contributed by atoms with Crippen LogP contribution in [-0.2, 0) is 0 Å². The molecule has 2 N–H and O–H groups in total. The smallest absolute Gasteiger partial charge is 0.247 e. The molecule has 3 heteroatoms. The highest BCUT2D eigenvalue weighted by atomic mass is 16.1. The Labute approximate surface area is 76.2 Å². The minimum atomic E-state index is -0.0204. The van der Waals surface area contributed by atoms with Gasteiger partial charge in [0, 0.05) is 30.3 Å². The maximum Gasteiger partial charge on any atom is 0.247 e. The van der Waals surface area contributed by atoms with Crippen molar-refractivity contribution >= 4 is 0 Å². The van der Waals surface area contributed by atoms with E-state index in [1.165, 1.54) is 18.4 Å². The van der Waals surface area contributed by atoms with E-state index in [2.05, 4.69) is 10.3 Å². The molecule has 68 valence electrons. The third-order valence-corrected chi connectivity index (χ3v) is 3.30. The van der Waals surface area contributed by atoms with Crippen LogP contribution in [-0.4, -0.2) is 11.5 Å². The fraction of sp³-hybridized carbons (Fsp3) is 0.500. The van der Waals surface area contributed by atoms with Gasteiger partial charge < -0.3 is 10.3 Å². The van der Waals surface area contributed by atoms with Gasteiger partial charge in [-0.2, -0.15) is 0 Å². The monoisotopic (exact) mass is 176 g/mol. The third-order valence-electron chi connectivity index (χ3n) is 3.30. The molecule has 1 spiro atoms. The van der Waals surface area contributed by atoms with Crippen molar-refractivity contribution in [3.63, 3.8) is 0 Å². The van der Waals surface area contributed by atoms with Crippen molar-refractivity contribution in [1.82, 2.24) is 10.3 Å². The van der Waals surface area contributed by atoms with E-state index in [-0.39, 0.29) is 5.56 Å². The first kappa shape index (κ1) is 7.33. The van der Waals surface area contributed by atoms with Crippen molar-refractivity contribution in [3.8, 4) is 0 Å². The average molecular weight is 176 g/mol. The van der Waals surface area contributed by atoms with E-state index >= 15 is 0 Å². The Kier molecular flexibility index (Phi) is 1.26. The molecular weight excluding hydrogens is 164 g/mol. The molecule has 0 amide bonds. The molecule has 0 bridgehead atoms. The van der Waals surface area contributed by atoms with Crippen LogP contribution in [0.15, 0.2) is 23.1 Å². The average Bonchev–Trinajstić information content (AvgIpc) is 2.88. The highest BCUT2D eigenvalue weighted by Crippen LogP contribution is 2.59. The molecule has 1 aromatic rings. The lowest BCUT2D eigenvalue weighted by atomic mass is 9.84. The summed E-state index contributed by atoms with van der Waals surface area (Å²) in [5.74, 6) is 0. The molecule has 1 aliphatic carbocycles. The molecule has 2 heterocycles. The zero-order valence-corrected chi connectivity index (χ0v) is 7.34. The number of hydrogen-bond acceptors (Lipinski definition) is 2. The van der Waals surface area contributed by atoms with Crippen molar-refractivity contribution in [3.05, 3.63) is 34.2 Å². The summed E-state index contributed by atoms with van der Waals surface area (Å²) in [6, 6.07) is 4.02. The highest BCUT2D eigenvalue weighted by Gasteiger charge is 2.56. The minimum Gasteiger partial charge on any atom is -0.329 e. The predicted molar refractivity (Wildman–Crippen MR) is 49.5 cm³/mol. The standard InChI is InChI=1S/C10H12N2O/c13-8-2-1-7(5-11-8)9-10(3-4-10)6-12-9/h1-2,5,9,12H,3-4,6H2,(H,11,13). The first-order valence-corrected chi connectivity index (χ1v) is 4.72. The van der Waals surface area contributed by atoms with Crippen LogP contribution < -0.4 is 10.9 Å². The summed E-state index contributed by atoms with van der Waals surface area (Å²) < 4.78 is 0. The van der Waals surface area contributed by atoms with E-state index < -0.39 is 0 Å². The van der Waals surface area contributed by atoms with Crippen molar-refractivity contribution < 1.29 is 0 Å². The Bertz CT molecular complexity index is 372. The Morgan fingerprint density at radius 2 is 2.23 bits per heavy atom. The van der Waals surface area contributed by atoms with Gasteiger partial charge in [0.25, 0.3) is 0 Å². The van der Waals surface area contributed by atoms with Crippen molar-refractivity contribution in [2.24, 2.45) is 5.41 Å². The molecule has 2 aliphatic rings. The van der Waals surface area contributed by atoms with E-state index in [1.54, 1.807) is 6.07 Å². The lowest BCUT2D eigenvalue weighted by Crippen LogP contribution is -2.47. The fourth-order valence-corrected chi connectivity index (χ4v) is 2.19. The van der Waals surface area contributed by atoms with Crippen LogP contribution in [0.1, 0.15) is 24.4 Å². The lowest BCUT2D eigenvalue weighted by Gasteiger charge is -2.39. The summed E-state index contributed by atoms with van der Waals surface area (Å²) in [7, 11) is 0. The van der Waals surface area contributed by atoms with Gasteiger partial charge in [-0.05, 0) is 18.4 Å². The molecule has 0 aromatic carbocycles. The van der Waals surface area contributed by atoms with Crippen molar-refractivity contribution in [2.45, 2.75) is 18.9 Å². The first-order valence-electron chi connectivity index (χ1n) is 4.72. The van der Waals surface area contributed by atoms with Gasteiger partial charge in [-0.3, -0.25) is 4.79 Å². The molecule has 0 radical (unpaired) electrons. The van der Waals surface area contributed by atoms with Crippen LogP contribution in [0.5, 0.6) is 0 Å². The molecule has 13 heavy (non-hydrogen) atoms. The van der Waals surface area contributed by atoms with Gasteiger partial charge in [-0.1, -0.05) is 6.07 Å². The quantitative estimate of drug-likeness (QED) is 0.664. The molecule has 3 rings (SSSR count). The normalized spacial score (nSPS) is 28.5. The fourth-order valence-electron chi connectivity index (χ4n) is 2.19. The number of aromatic amines is 1. The maximum atomic E-state index is 10.9. The van der Waals surface area contributed by atoms with Gasteiger partial charge in [0.15, 0.2) is 0 Å². The summed E-state index contributed by atoms with van der Waals surface area (Å²) in [5, 5.41) is 3.41.